The maximum Gasteiger partial charge on any atom is 0.319 e. The SMILES string of the molecule is CCNC(=NCc1nccn1C(F)F)N(C)Cc1ccccc1C.I. The first-order valence-electron chi connectivity index (χ1n) is 7.86. The molecule has 0 aliphatic heterocycles. The molecule has 8 heteroatoms. The van der Waals surface area contributed by atoms with E-state index >= 15 is 0 Å². The average molecular weight is 463 g/mol. The van der Waals surface area contributed by atoms with Gasteiger partial charge in [-0.15, -0.1) is 24.0 Å². The predicted molar refractivity (Wildman–Crippen MR) is 106 cm³/mol. The number of nitrogens with zero attached hydrogens (tertiary/aromatic N) is 4. The third kappa shape index (κ3) is 5.94. The number of hydrogen-bond acceptors (Lipinski definition) is 2. The largest absolute Gasteiger partial charge is 0.357 e. The number of guanidine groups is 1. The van der Waals surface area contributed by atoms with Gasteiger partial charge in [-0.25, -0.2) is 9.98 Å². The summed E-state index contributed by atoms with van der Waals surface area (Å²) in [6, 6.07) is 8.13. The fraction of sp³-hybridized carbons (Fsp3) is 0.412. The summed E-state index contributed by atoms with van der Waals surface area (Å²) < 4.78 is 26.6. The van der Waals surface area contributed by atoms with E-state index in [-0.39, 0.29) is 36.3 Å². The molecular weight excluding hydrogens is 439 g/mol. The minimum absolute atomic E-state index is 0. The third-order valence-electron chi connectivity index (χ3n) is 3.69. The van der Waals surface area contributed by atoms with Crippen molar-refractivity contribution in [2.45, 2.75) is 33.5 Å². The van der Waals surface area contributed by atoms with Crippen LogP contribution < -0.4 is 5.32 Å². The predicted octanol–water partition coefficient (Wildman–Crippen LogP) is 3.80. The maximum absolute atomic E-state index is 12.9. The van der Waals surface area contributed by atoms with E-state index in [2.05, 4.69) is 34.3 Å². The van der Waals surface area contributed by atoms with Crippen LogP contribution in [0.15, 0.2) is 41.7 Å². The van der Waals surface area contributed by atoms with Crippen LogP contribution in [0.2, 0.25) is 0 Å². The van der Waals surface area contributed by atoms with Gasteiger partial charge in [0.15, 0.2) is 5.96 Å². The molecule has 2 aromatic rings. The molecule has 1 aromatic carbocycles. The molecule has 0 radical (unpaired) electrons. The summed E-state index contributed by atoms with van der Waals surface area (Å²) in [5, 5.41) is 3.18. The summed E-state index contributed by atoms with van der Waals surface area (Å²) in [7, 11) is 1.92. The summed E-state index contributed by atoms with van der Waals surface area (Å²) in [6.45, 7) is 2.90. The third-order valence-corrected chi connectivity index (χ3v) is 3.69. The monoisotopic (exact) mass is 463 g/mol. The molecule has 1 aromatic heterocycles. The van der Waals surface area contributed by atoms with E-state index in [1.807, 2.05) is 31.0 Å². The number of rotatable bonds is 6. The van der Waals surface area contributed by atoms with Gasteiger partial charge in [-0.2, -0.15) is 8.78 Å². The standard InChI is InChI=1S/C17H23F2N5.HI/c1-4-20-17(22-11-15-21-9-10-24(15)16(18)19)23(3)12-14-8-6-5-7-13(14)2;/h5-10,16H,4,11-12H2,1-3H3,(H,20,22);1H. The summed E-state index contributed by atoms with van der Waals surface area (Å²) >= 11 is 0. The van der Waals surface area contributed by atoms with Gasteiger partial charge in [0.1, 0.15) is 12.4 Å². The van der Waals surface area contributed by atoms with Crippen molar-refractivity contribution in [2.24, 2.45) is 4.99 Å². The second-order valence-corrected chi connectivity index (χ2v) is 5.48. The zero-order chi connectivity index (χ0) is 17.5. The summed E-state index contributed by atoms with van der Waals surface area (Å²) in [5.74, 6) is 0.897. The molecule has 2 rings (SSSR count). The van der Waals surface area contributed by atoms with Crippen molar-refractivity contribution in [3.8, 4) is 0 Å². The highest BCUT2D eigenvalue weighted by Crippen LogP contribution is 2.13. The van der Waals surface area contributed by atoms with Crippen molar-refractivity contribution >= 4 is 29.9 Å². The Morgan fingerprint density at radius 2 is 2.08 bits per heavy atom. The van der Waals surface area contributed by atoms with Gasteiger partial charge in [-0.3, -0.25) is 4.57 Å². The van der Waals surface area contributed by atoms with E-state index in [1.54, 1.807) is 0 Å². The number of aromatic nitrogens is 2. The fourth-order valence-electron chi connectivity index (χ4n) is 2.38. The molecule has 0 aliphatic carbocycles. The number of alkyl halides is 2. The topological polar surface area (TPSA) is 45.5 Å². The molecule has 0 spiro atoms. The first kappa shape index (κ1) is 21.3. The van der Waals surface area contributed by atoms with Crippen LogP contribution in [0.5, 0.6) is 0 Å². The van der Waals surface area contributed by atoms with Crippen molar-refractivity contribution in [3.05, 3.63) is 53.6 Å². The molecule has 0 saturated heterocycles. The van der Waals surface area contributed by atoms with Crippen molar-refractivity contribution < 1.29 is 8.78 Å². The van der Waals surface area contributed by atoms with Gasteiger partial charge >= 0.3 is 6.55 Å². The Balaban J connectivity index is 0.00000312. The second-order valence-electron chi connectivity index (χ2n) is 5.48. The highest BCUT2D eigenvalue weighted by molar-refractivity contribution is 14.0. The number of hydrogen-bond donors (Lipinski definition) is 1. The van der Waals surface area contributed by atoms with Gasteiger partial charge in [0.2, 0.25) is 0 Å². The number of aryl methyl sites for hydroxylation is 1. The first-order chi connectivity index (χ1) is 11.5. The smallest absolute Gasteiger partial charge is 0.319 e. The summed E-state index contributed by atoms with van der Waals surface area (Å²) in [6.07, 6.45) is 2.63. The lowest BCUT2D eigenvalue weighted by Crippen LogP contribution is -2.38. The lowest BCUT2D eigenvalue weighted by molar-refractivity contribution is 0.0671. The Labute approximate surface area is 164 Å². The number of imidazole rings is 1. The summed E-state index contributed by atoms with van der Waals surface area (Å²) in [5.41, 5.74) is 2.40. The number of nitrogens with one attached hydrogen (secondary N) is 1. The first-order valence-corrected chi connectivity index (χ1v) is 7.86. The molecule has 0 saturated carbocycles. The van der Waals surface area contributed by atoms with Gasteiger partial charge in [0.05, 0.1) is 0 Å². The van der Waals surface area contributed by atoms with Crippen LogP contribution in [0.25, 0.3) is 0 Å². The Kier molecular flexibility index (Phi) is 8.81. The second kappa shape index (κ2) is 10.3. The van der Waals surface area contributed by atoms with Crippen molar-refractivity contribution in [3.63, 3.8) is 0 Å². The Morgan fingerprint density at radius 1 is 1.36 bits per heavy atom. The van der Waals surface area contributed by atoms with E-state index in [4.69, 9.17) is 0 Å². The highest BCUT2D eigenvalue weighted by atomic mass is 127. The lowest BCUT2D eigenvalue weighted by Gasteiger charge is -2.23. The number of benzene rings is 1. The van der Waals surface area contributed by atoms with Gasteiger partial charge in [-0.1, -0.05) is 24.3 Å². The normalized spacial score (nSPS) is 11.4. The van der Waals surface area contributed by atoms with E-state index in [0.29, 0.717) is 19.0 Å². The maximum atomic E-state index is 12.9. The molecule has 0 bridgehead atoms. The fourth-order valence-corrected chi connectivity index (χ4v) is 2.38. The quantitative estimate of drug-likeness (QED) is 0.403. The molecule has 5 nitrogen and oxygen atoms in total. The molecular formula is C17H24F2IN5. The Bertz CT molecular complexity index is 687. The van der Waals surface area contributed by atoms with Gasteiger partial charge < -0.3 is 10.2 Å². The van der Waals surface area contributed by atoms with Gasteiger partial charge in [-0.05, 0) is 25.0 Å². The molecule has 1 N–H and O–H groups in total. The molecule has 0 fully saturated rings. The van der Waals surface area contributed by atoms with Crippen LogP contribution in [0, 0.1) is 6.92 Å². The average Bonchev–Trinajstić information content (AvgIpc) is 3.02. The van der Waals surface area contributed by atoms with Crippen LogP contribution in [0.1, 0.15) is 30.4 Å². The van der Waals surface area contributed by atoms with E-state index in [0.717, 1.165) is 4.57 Å². The molecule has 1 heterocycles. The lowest BCUT2D eigenvalue weighted by atomic mass is 10.1. The van der Waals surface area contributed by atoms with Crippen molar-refractivity contribution in [1.82, 2.24) is 19.8 Å². The van der Waals surface area contributed by atoms with Gasteiger partial charge in [0, 0.05) is 32.5 Å². The number of halogens is 3. The van der Waals surface area contributed by atoms with Crippen LogP contribution in [0.4, 0.5) is 8.78 Å². The van der Waals surface area contributed by atoms with E-state index < -0.39 is 6.55 Å². The van der Waals surface area contributed by atoms with Crippen molar-refractivity contribution in [1.29, 1.82) is 0 Å². The molecule has 25 heavy (non-hydrogen) atoms. The van der Waals surface area contributed by atoms with Crippen LogP contribution >= 0.6 is 24.0 Å². The molecule has 0 atom stereocenters. The Hall–Kier alpha value is -1.71. The van der Waals surface area contributed by atoms with Crippen molar-refractivity contribution in [2.75, 3.05) is 13.6 Å². The zero-order valence-corrected chi connectivity index (χ0v) is 16.9. The van der Waals surface area contributed by atoms with Crippen LogP contribution in [-0.2, 0) is 13.1 Å². The Morgan fingerprint density at radius 3 is 2.72 bits per heavy atom. The minimum Gasteiger partial charge on any atom is -0.357 e. The van der Waals surface area contributed by atoms with Gasteiger partial charge in [0.25, 0.3) is 0 Å². The van der Waals surface area contributed by atoms with E-state index in [1.165, 1.54) is 23.5 Å². The molecule has 0 unspecified atom stereocenters. The minimum atomic E-state index is -2.61. The van der Waals surface area contributed by atoms with Crippen LogP contribution in [-0.4, -0.2) is 34.0 Å². The summed E-state index contributed by atoms with van der Waals surface area (Å²) in [4.78, 5) is 10.4. The molecule has 0 aliphatic rings. The van der Waals surface area contributed by atoms with E-state index in [9.17, 15) is 8.78 Å². The molecule has 138 valence electrons. The zero-order valence-electron chi connectivity index (χ0n) is 14.6. The number of aliphatic imine (C=N–C) groups is 1. The molecule has 0 amide bonds. The highest BCUT2D eigenvalue weighted by Gasteiger charge is 2.12. The van der Waals surface area contributed by atoms with Crippen LogP contribution in [0.3, 0.4) is 0 Å².